The second-order valence-corrected chi connectivity index (χ2v) is 8.69. The zero-order valence-corrected chi connectivity index (χ0v) is 16.4. The van der Waals surface area contributed by atoms with Crippen LogP contribution in [0.1, 0.15) is 26.2 Å². The van der Waals surface area contributed by atoms with Gasteiger partial charge in [0.05, 0.1) is 24.5 Å². The molecule has 1 N–H and O–H groups in total. The zero-order valence-electron chi connectivity index (χ0n) is 15.6. The smallest absolute Gasteiger partial charge is 0.246 e. The van der Waals surface area contributed by atoms with Crippen LogP contribution in [0.4, 0.5) is 0 Å². The predicted octanol–water partition coefficient (Wildman–Crippen LogP) is 0.585. The quantitative estimate of drug-likeness (QED) is 0.708. The van der Waals surface area contributed by atoms with Crippen molar-refractivity contribution in [3.05, 3.63) is 24.3 Å². The lowest BCUT2D eigenvalue weighted by Gasteiger charge is -2.32. The molecule has 0 aliphatic carbocycles. The number of ether oxygens (including phenoxy) is 1. The molecule has 2 saturated heterocycles. The molecule has 3 rings (SSSR count). The molecule has 9 heteroatoms. The van der Waals surface area contributed by atoms with Crippen molar-refractivity contribution in [3.63, 3.8) is 0 Å². The van der Waals surface area contributed by atoms with Crippen molar-refractivity contribution in [2.24, 2.45) is 0 Å². The number of likely N-dealkylation sites (tertiary alicyclic amines) is 1. The number of amides is 2. The molecule has 0 bridgehead atoms. The third-order valence-electron chi connectivity index (χ3n) is 5.15. The van der Waals surface area contributed by atoms with Crippen LogP contribution < -0.4 is 10.1 Å². The number of rotatable bonds is 6. The first-order chi connectivity index (χ1) is 12.9. The lowest BCUT2D eigenvalue weighted by molar-refractivity contribution is -0.138. The molecule has 1 aromatic carbocycles. The SMILES string of the molecule is CCN1C(=O)C[C@H](NC2CCN(S(=O)(=O)c3ccc(OC)cc3)CC2)C1=O. The van der Waals surface area contributed by atoms with E-state index in [1.54, 1.807) is 31.2 Å². The number of methoxy groups -OCH3 is 1. The van der Waals surface area contributed by atoms with Crippen LogP contribution in [0.3, 0.4) is 0 Å². The Morgan fingerprint density at radius 2 is 1.78 bits per heavy atom. The highest BCUT2D eigenvalue weighted by molar-refractivity contribution is 7.89. The second kappa shape index (κ2) is 7.95. The van der Waals surface area contributed by atoms with Crippen molar-refractivity contribution in [1.29, 1.82) is 0 Å². The Labute approximate surface area is 159 Å². The molecular formula is C18H25N3O5S. The molecule has 2 aliphatic heterocycles. The van der Waals surface area contributed by atoms with Gasteiger partial charge in [-0.15, -0.1) is 0 Å². The number of carbonyl (C=O) groups excluding carboxylic acids is 2. The van der Waals surface area contributed by atoms with E-state index in [2.05, 4.69) is 5.32 Å². The summed E-state index contributed by atoms with van der Waals surface area (Å²) in [6.07, 6.45) is 1.37. The fourth-order valence-corrected chi connectivity index (χ4v) is 5.06. The maximum atomic E-state index is 12.8. The Kier molecular flexibility index (Phi) is 5.83. The molecule has 0 saturated carbocycles. The van der Waals surface area contributed by atoms with Gasteiger partial charge in [-0.25, -0.2) is 8.42 Å². The largest absolute Gasteiger partial charge is 0.497 e. The number of sulfonamides is 1. The standard InChI is InChI=1S/C18H25N3O5S/c1-3-21-17(22)12-16(18(21)23)19-13-8-10-20(11-9-13)27(24,25)15-6-4-14(26-2)5-7-15/h4-7,13,16,19H,3,8-12H2,1-2H3/t16-/m0/s1. The normalized spacial score (nSPS) is 22.4. The third-order valence-corrected chi connectivity index (χ3v) is 7.06. The maximum absolute atomic E-state index is 12.8. The Hall–Kier alpha value is -1.97. The van der Waals surface area contributed by atoms with Crippen molar-refractivity contribution in [2.45, 2.75) is 43.2 Å². The summed E-state index contributed by atoms with van der Waals surface area (Å²) in [5.74, 6) is 0.268. The van der Waals surface area contributed by atoms with Crippen molar-refractivity contribution in [1.82, 2.24) is 14.5 Å². The maximum Gasteiger partial charge on any atom is 0.246 e. The molecular weight excluding hydrogens is 370 g/mol. The Morgan fingerprint density at radius 3 is 2.30 bits per heavy atom. The topological polar surface area (TPSA) is 96.0 Å². The van der Waals surface area contributed by atoms with Crippen LogP contribution in [-0.4, -0.2) is 68.3 Å². The van der Waals surface area contributed by atoms with Crippen LogP contribution in [-0.2, 0) is 19.6 Å². The van der Waals surface area contributed by atoms with Crippen LogP contribution in [0, 0.1) is 0 Å². The molecule has 2 heterocycles. The molecule has 8 nitrogen and oxygen atoms in total. The molecule has 2 fully saturated rings. The zero-order chi connectivity index (χ0) is 19.6. The number of nitrogens with zero attached hydrogens (tertiary/aromatic N) is 2. The highest BCUT2D eigenvalue weighted by atomic mass is 32.2. The van der Waals surface area contributed by atoms with Crippen molar-refractivity contribution in [3.8, 4) is 5.75 Å². The van der Waals surface area contributed by atoms with Gasteiger partial charge in [-0.3, -0.25) is 14.5 Å². The second-order valence-electron chi connectivity index (χ2n) is 6.75. The molecule has 2 amide bonds. The first-order valence-electron chi connectivity index (χ1n) is 9.11. The van der Waals surface area contributed by atoms with E-state index >= 15 is 0 Å². The van der Waals surface area contributed by atoms with E-state index in [4.69, 9.17) is 4.74 Å². The summed E-state index contributed by atoms with van der Waals surface area (Å²) in [4.78, 5) is 25.5. The van der Waals surface area contributed by atoms with Crippen LogP contribution in [0.15, 0.2) is 29.2 Å². The van der Waals surface area contributed by atoms with Gasteiger partial charge in [0.2, 0.25) is 21.8 Å². The molecule has 0 spiro atoms. The van der Waals surface area contributed by atoms with Gasteiger partial charge in [0, 0.05) is 25.7 Å². The van der Waals surface area contributed by atoms with Gasteiger partial charge in [0.25, 0.3) is 0 Å². The van der Waals surface area contributed by atoms with E-state index in [1.165, 1.54) is 16.3 Å². The summed E-state index contributed by atoms with van der Waals surface area (Å²) in [5.41, 5.74) is 0. The van der Waals surface area contributed by atoms with E-state index in [0.29, 0.717) is 38.2 Å². The number of carbonyl (C=O) groups is 2. The summed E-state index contributed by atoms with van der Waals surface area (Å²) in [5, 5.41) is 3.24. The number of likely N-dealkylation sites (N-methyl/N-ethyl adjacent to an activating group) is 1. The van der Waals surface area contributed by atoms with Crippen molar-refractivity contribution < 1.29 is 22.7 Å². The minimum absolute atomic E-state index is 0.0193. The number of benzene rings is 1. The molecule has 0 unspecified atom stereocenters. The number of hydrogen-bond acceptors (Lipinski definition) is 6. The molecule has 1 aromatic rings. The summed E-state index contributed by atoms with van der Waals surface area (Å²) in [7, 11) is -2.02. The van der Waals surface area contributed by atoms with Crippen LogP contribution in [0.5, 0.6) is 5.75 Å². The molecule has 0 radical (unpaired) electrons. The van der Waals surface area contributed by atoms with Crippen LogP contribution in [0.25, 0.3) is 0 Å². The van der Waals surface area contributed by atoms with E-state index < -0.39 is 16.1 Å². The highest BCUT2D eigenvalue weighted by Crippen LogP contribution is 2.24. The number of hydrogen-bond donors (Lipinski definition) is 1. The first kappa shape index (κ1) is 19.8. The predicted molar refractivity (Wildman–Crippen MR) is 98.7 cm³/mol. The number of imide groups is 1. The minimum Gasteiger partial charge on any atom is -0.497 e. The van der Waals surface area contributed by atoms with Crippen LogP contribution in [0.2, 0.25) is 0 Å². The average Bonchev–Trinajstić information content (AvgIpc) is 2.94. The van der Waals surface area contributed by atoms with Crippen LogP contribution >= 0.6 is 0 Å². The summed E-state index contributed by atoms with van der Waals surface area (Å²) in [6.45, 7) is 2.91. The van der Waals surface area contributed by atoms with Gasteiger partial charge in [0.1, 0.15) is 5.75 Å². The van der Waals surface area contributed by atoms with Gasteiger partial charge in [-0.2, -0.15) is 4.31 Å². The van der Waals surface area contributed by atoms with E-state index in [1.807, 2.05) is 0 Å². The molecule has 2 aliphatic rings. The van der Waals surface area contributed by atoms with E-state index in [-0.39, 0.29) is 29.2 Å². The molecule has 148 valence electrons. The number of nitrogens with one attached hydrogen (secondary N) is 1. The van der Waals surface area contributed by atoms with Crippen molar-refractivity contribution in [2.75, 3.05) is 26.7 Å². The molecule has 1 atom stereocenters. The summed E-state index contributed by atoms with van der Waals surface area (Å²) >= 11 is 0. The molecule has 0 aromatic heterocycles. The lowest BCUT2D eigenvalue weighted by atomic mass is 10.1. The fraction of sp³-hybridized carbons (Fsp3) is 0.556. The van der Waals surface area contributed by atoms with Gasteiger partial charge >= 0.3 is 0 Å². The summed E-state index contributed by atoms with van der Waals surface area (Å²) in [6, 6.07) is 5.87. The third kappa shape index (κ3) is 3.99. The average molecular weight is 395 g/mol. The minimum atomic E-state index is -3.55. The first-order valence-corrected chi connectivity index (χ1v) is 10.5. The fourth-order valence-electron chi connectivity index (χ4n) is 3.59. The highest BCUT2D eigenvalue weighted by Gasteiger charge is 2.39. The lowest BCUT2D eigenvalue weighted by Crippen LogP contribution is -2.49. The Morgan fingerprint density at radius 1 is 1.15 bits per heavy atom. The van der Waals surface area contributed by atoms with Gasteiger partial charge in [-0.1, -0.05) is 0 Å². The molecule has 27 heavy (non-hydrogen) atoms. The van der Waals surface area contributed by atoms with E-state index in [0.717, 1.165) is 0 Å². The number of piperidine rings is 1. The van der Waals surface area contributed by atoms with Gasteiger partial charge in [0.15, 0.2) is 0 Å². The monoisotopic (exact) mass is 395 g/mol. The van der Waals surface area contributed by atoms with E-state index in [9.17, 15) is 18.0 Å². The Balaban J connectivity index is 1.58. The van der Waals surface area contributed by atoms with Crippen molar-refractivity contribution >= 4 is 21.8 Å². The van der Waals surface area contributed by atoms with Gasteiger partial charge < -0.3 is 10.1 Å². The van der Waals surface area contributed by atoms with Gasteiger partial charge in [-0.05, 0) is 44.0 Å². The Bertz CT molecular complexity index is 801. The summed E-state index contributed by atoms with van der Waals surface area (Å²) < 4.78 is 32.1.